The second-order valence-corrected chi connectivity index (χ2v) is 5.53. The van der Waals surface area contributed by atoms with Crippen molar-refractivity contribution in [3.05, 3.63) is 35.9 Å². The van der Waals surface area contributed by atoms with E-state index in [-0.39, 0.29) is 12.6 Å². The summed E-state index contributed by atoms with van der Waals surface area (Å²) in [5, 5.41) is 11.1. The Morgan fingerprint density at radius 1 is 1.37 bits per heavy atom. The van der Waals surface area contributed by atoms with Crippen molar-refractivity contribution in [3.63, 3.8) is 0 Å². The first kappa shape index (κ1) is 13.7. The Labute approximate surface area is 115 Å². The van der Waals surface area contributed by atoms with Crippen molar-refractivity contribution in [2.24, 2.45) is 0 Å². The quantitative estimate of drug-likeness (QED) is 0.881. The number of hydrogen-bond acceptors (Lipinski definition) is 4. The predicted molar refractivity (Wildman–Crippen MR) is 72.0 cm³/mol. The monoisotopic (exact) mass is 281 g/mol. The van der Waals surface area contributed by atoms with E-state index in [1.54, 1.807) is 0 Å². The number of thioether (sulfide) groups is 1. The molecule has 5 nitrogen and oxygen atoms in total. The Morgan fingerprint density at radius 2 is 2.11 bits per heavy atom. The van der Waals surface area contributed by atoms with Gasteiger partial charge in [0.2, 0.25) is 0 Å². The fourth-order valence-corrected chi connectivity index (χ4v) is 3.03. The highest BCUT2D eigenvalue weighted by Gasteiger charge is 2.31. The second kappa shape index (κ2) is 6.47. The number of aliphatic carboxylic acids is 1. The van der Waals surface area contributed by atoms with Crippen LogP contribution in [-0.2, 0) is 16.1 Å². The van der Waals surface area contributed by atoms with Crippen molar-refractivity contribution in [2.45, 2.75) is 24.3 Å². The van der Waals surface area contributed by atoms with E-state index in [1.807, 2.05) is 30.3 Å². The van der Waals surface area contributed by atoms with Crippen LogP contribution in [0.15, 0.2) is 30.3 Å². The first-order chi connectivity index (χ1) is 9.15. The number of amides is 1. The van der Waals surface area contributed by atoms with Gasteiger partial charge in [-0.3, -0.25) is 4.79 Å². The summed E-state index contributed by atoms with van der Waals surface area (Å²) in [5.41, 5.74) is 0.918. The van der Waals surface area contributed by atoms with E-state index >= 15 is 0 Å². The number of nitrogens with one attached hydrogen (secondary N) is 1. The molecule has 2 N–H and O–H groups in total. The molecule has 6 heteroatoms. The number of alkyl carbamates (subject to hydrolysis) is 1. The Hall–Kier alpha value is -1.69. The minimum Gasteiger partial charge on any atom is -0.480 e. The predicted octanol–water partition coefficient (Wildman–Crippen LogP) is 1.87. The number of hydrogen-bond donors (Lipinski definition) is 2. The fourth-order valence-electron chi connectivity index (χ4n) is 1.83. The van der Waals surface area contributed by atoms with Gasteiger partial charge >= 0.3 is 12.1 Å². The number of carbonyl (C=O) groups is 2. The summed E-state index contributed by atoms with van der Waals surface area (Å²) < 4.78 is 5.08. The lowest BCUT2D eigenvalue weighted by molar-refractivity contribution is -0.136. The summed E-state index contributed by atoms with van der Waals surface area (Å²) in [6.45, 7) is 0.217. The zero-order chi connectivity index (χ0) is 13.7. The molecule has 0 saturated carbocycles. The van der Waals surface area contributed by atoms with Crippen LogP contribution in [0, 0.1) is 0 Å². The molecule has 1 fully saturated rings. The average Bonchev–Trinajstić information content (AvgIpc) is 2.86. The molecule has 102 valence electrons. The van der Waals surface area contributed by atoms with Gasteiger partial charge in [-0.2, -0.15) is 0 Å². The van der Waals surface area contributed by atoms with E-state index in [0.29, 0.717) is 12.2 Å². The van der Waals surface area contributed by atoms with E-state index < -0.39 is 17.3 Å². The number of carboxylic acids is 1. The number of ether oxygens (including phenoxy) is 1. The van der Waals surface area contributed by atoms with Gasteiger partial charge in [0.15, 0.2) is 0 Å². The number of benzene rings is 1. The second-order valence-electron chi connectivity index (χ2n) is 4.30. The van der Waals surface area contributed by atoms with Crippen molar-refractivity contribution in [1.82, 2.24) is 5.32 Å². The van der Waals surface area contributed by atoms with Crippen LogP contribution >= 0.6 is 11.8 Å². The molecule has 1 aliphatic heterocycles. The topological polar surface area (TPSA) is 75.6 Å². The number of carbonyl (C=O) groups excluding carboxylic acids is 1. The van der Waals surface area contributed by atoms with Crippen LogP contribution in [0.2, 0.25) is 0 Å². The zero-order valence-electron chi connectivity index (χ0n) is 10.2. The lowest BCUT2D eigenvalue weighted by atomic mass is 10.2. The van der Waals surface area contributed by atoms with Crippen molar-refractivity contribution in [1.29, 1.82) is 0 Å². The van der Waals surface area contributed by atoms with Gasteiger partial charge in [0.1, 0.15) is 11.9 Å². The van der Waals surface area contributed by atoms with E-state index in [1.165, 1.54) is 11.8 Å². The third kappa shape index (κ3) is 4.17. The largest absolute Gasteiger partial charge is 0.480 e. The summed E-state index contributed by atoms with van der Waals surface area (Å²) in [4.78, 5) is 22.3. The zero-order valence-corrected chi connectivity index (χ0v) is 11.1. The molecule has 0 radical (unpaired) electrons. The molecule has 1 aromatic rings. The van der Waals surface area contributed by atoms with Gasteiger partial charge in [0.05, 0.1) is 0 Å². The van der Waals surface area contributed by atoms with Crippen molar-refractivity contribution < 1.29 is 19.4 Å². The van der Waals surface area contributed by atoms with E-state index in [0.717, 1.165) is 5.56 Å². The normalized spacial score (nSPS) is 21.9. The molecule has 1 aliphatic rings. The van der Waals surface area contributed by atoms with Gasteiger partial charge in [-0.1, -0.05) is 30.3 Å². The molecule has 0 aliphatic carbocycles. The van der Waals surface area contributed by atoms with E-state index in [4.69, 9.17) is 9.84 Å². The summed E-state index contributed by atoms with van der Waals surface area (Å²) in [6, 6.07) is 9.27. The molecule has 19 heavy (non-hydrogen) atoms. The Bertz CT molecular complexity index is 451. The molecule has 1 amide bonds. The molecule has 2 atom stereocenters. The van der Waals surface area contributed by atoms with Gasteiger partial charge in [0.25, 0.3) is 0 Å². The highest BCUT2D eigenvalue weighted by molar-refractivity contribution is 8.00. The lowest BCUT2D eigenvalue weighted by Crippen LogP contribution is -2.35. The lowest BCUT2D eigenvalue weighted by Gasteiger charge is -2.12. The van der Waals surface area contributed by atoms with Crippen LogP contribution in [0.5, 0.6) is 0 Å². The average molecular weight is 281 g/mol. The highest BCUT2D eigenvalue weighted by atomic mass is 32.2. The summed E-state index contributed by atoms with van der Waals surface area (Å²) in [5.74, 6) is -0.218. The maximum Gasteiger partial charge on any atom is 0.407 e. The SMILES string of the molecule is O=C(N[C@H]1CS[C@@H](C(=O)O)C1)OCc1ccccc1. The van der Waals surface area contributed by atoms with E-state index in [9.17, 15) is 9.59 Å². The third-order valence-electron chi connectivity index (χ3n) is 2.81. The Kier molecular flexibility index (Phi) is 4.68. The number of carboxylic acid groups (broad SMARTS) is 1. The van der Waals surface area contributed by atoms with Gasteiger partial charge in [0, 0.05) is 11.8 Å². The Balaban J connectivity index is 1.72. The number of rotatable bonds is 4. The van der Waals surface area contributed by atoms with Gasteiger partial charge < -0.3 is 15.2 Å². The minimum atomic E-state index is -0.827. The van der Waals surface area contributed by atoms with Gasteiger partial charge in [-0.25, -0.2) is 4.79 Å². The van der Waals surface area contributed by atoms with Gasteiger partial charge in [-0.15, -0.1) is 11.8 Å². The van der Waals surface area contributed by atoms with Crippen LogP contribution in [0.25, 0.3) is 0 Å². The highest BCUT2D eigenvalue weighted by Crippen LogP contribution is 2.26. The molecule has 0 spiro atoms. The molecule has 0 unspecified atom stereocenters. The van der Waals surface area contributed by atoms with Crippen molar-refractivity contribution in [2.75, 3.05) is 5.75 Å². The first-order valence-corrected chi connectivity index (χ1v) is 7.01. The molecule has 2 rings (SSSR count). The fraction of sp³-hybridized carbons (Fsp3) is 0.385. The minimum absolute atomic E-state index is 0.130. The summed E-state index contributed by atoms with van der Waals surface area (Å²) >= 11 is 1.35. The van der Waals surface area contributed by atoms with Crippen LogP contribution in [0.3, 0.4) is 0 Å². The third-order valence-corrected chi connectivity index (χ3v) is 4.20. The molecule has 1 saturated heterocycles. The molecule has 1 heterocycles. The van der Waals surface area contributed by atoms with E-state index in [2.05, 4.69) is 5.32 Å². The smallest absolute Gasteiger partial charge is 0.407 e. The molecule has 1 aromatic carbocycles. The van der Waals surface area contributed by atoms with Crippen LogP contribution in [0.4, 0.5) is 4.79 Å². The summed E-state index contributed by atoms with van der Waals surface area (Å²) in [6.07, 6.45) is -0.0547. The first-order valence-electron chi connectivity index (χ1n) is 5.97. The molecule has 0 bridgehead atoms. The maximum absolute atomic E-state index is 11.6. The van der Waals surface area contributed by atoms with Crippen molar-refractivity contribution >= 4 is 23.8 Å². The van der Waals surface area contributed by atoms with Crippen LogP contribution in [-0.4, -0.2) is 34.2 Å². The van der Waals surface area contributed by atoms with Crippen LogP contribution in [0.1, 0.15) is 12.0 Å². The maximum atomic E-state index is 11.6. The van der Waals surface area contributed by atoms with Crippen molar-refractivity contribution in [3.8, 4) is 0 Å². The molecule has 0 aromatic heterocycles. The molecular weight excluding hydrogens is 266 g/mol. The summed E-state index contributed by atoms with van der Waals surface area (Å²) in [7, 11) is 0. The Morgan fingerprint density at radius 3 is 2.74 bits per heavy atom. The van der Waals surface area contributed by atoms with Crippen LogP contribution < -0.4 is 5.32 Å². The standard InChI is InChI=1S/C13H15NO4S/c15-12(16)11-6-10(8-19-11)14-13(17)18-7-9-4-2-1-3-5-9/h1-5,10-11H,6-8H2,(H,14,17)(H,15,16)/t10-,11-/m1/s1. The molecular formula is C13H15NO4S. The van der Waals surface area contributed by atoms with Gasteiger partial charge in [-0.05, 0) is 12.0 Å².